The van der Waals surface area contributed by atoms with Crippen molar-refractivity contribution in [2.24, 2.45) is 0 Å². The van der Waals surface area contributed by atoms with E-state index in [1.807, 2.05) is 24.3 Å². The van der Waals surface area contributed by atoms with Gasteiger partial charge in [-0.05, 0) is 200 Å². The van der Waals surface area contributed by atoms with Crippen molar-refractivity contribution in [3.63, 3.8) is 0 Å². The maximum atomic E-state index is 12.0. The number of benzene rings is 6. The molecule has 0 atom stereocenters. The van der Waals surface area contributed by atoms with E-state index in [0.717, 1.165) is 119 Å². The molecule has 2 aliphatic heterocycles. The largest absolute Gasteiger partial charge is 0.478 e. The SMILES string of the molecule is CCCCCCc1ccc(N(c2ccc(CCCCCC)cc2)c2c3nc(c(-c4cc(C(C)(C)C)cc(C(C)(C)C)c4)c4ccc([nH]4)c(C#Cc4ccc5cc(C(=O)O)ccc5c4)c4nc(c(-c5cc(C(C)(C)C)cc(C(C)(C)C)c5)c5ccc2[nH]5)C=C4)C=C3)cc1. The molecule has 3 aromatic heterocycles. The Kier molecular flexibility index (Phi) is 18.5. The maximum absolute atomic E-state index is 12.0. The molecular weight excluding hydrogens is 1120 g/mol. The Bertz CT molecular complexity index is 4350. The van der Waals surface area contributed by atoms with Gasteiger partial charge in [0.2, 0.25) is 0 Å². The lowest BCUT2D eigenvalue weighted by atomic mass is 9.78. The number of anilines is 3. The van der Waals surface area contributed by atoms with E-state index in [-0.39, 0.29) is 27.2 Å². The Hall–Kier alpha value is -8.99. The van der Waals surface area contributed by atoms with E-state index < -0.39 is 5.97 Å². The monoisotopic (exact) mass is 1220 g/mol. The van der Waals surface area contributed by atoms with Crippen LogP contribution in [0, 0.1) is 11.8 Å². The van der Waals surface area contributed by atoms with Gasteiger partial charge < -0.3 is 20.0 Å². The second-order valence-corrected chi connectivity index (χ2v) is 29.7. The maximum Gasteiger partial charge on any atom is 0.335 e. The van der Waals surface area contributed by atoms with Crippen LogP contribution in [0.4, 0.5) is 17.1 Å². The Balaban J connectivity index is 1.27. The lowest BCUT2D eigenvalue weighted by Crippen LogP contribution is -2.16. The van der Waals surface area contributed by atoms with Gasteiger partial charge in [0.1, 0.15) is 0 Å². The van der Waals surface area contributed by atoms with Crippen LogP contribution in [0.1, 0.15) is 226 Å². The van der Waals surface area contributed by atoms with Crippen molar-refractivity contribution in [1.29, 1.82) is 0 Å². The summed E-state index contributed by atoms with van der Waals surface area (Å²) in [6, 6.07) is 52.8. The molecule has 3 N–H and O–H groups in total. The highest BCUT2D eigenvalue weighted by Crippen LogP contribution is 2.45. The highest BCUT2D eigenvalue weighted by molar-refractivity contribution is 6.00. The number of aromatic amines is 2. The first-order valence-electron chi connectivity index (χ1n) is 33.6. The number of nitrogens with zero attached hydrogens (tertiary/aromatic N) is 3. The first kappa shape index (κ1) is 64.5. The highest BCUT2D eigenvalue weighted by Gasteiger charge is 2.28. The molecule has 2 aliphatic rings. The summed E-state index contributed by atoms with van der Waals surface area (Å²) in [6.45, 7) is 32.1. The van der Waals surface area contributed by atoms with Gasteiger partial charge in [-0.25, -0.2) is 14.8 Å². The summed E-state index contributed by atoms with van der Waals surface area (Å²) in [5.74, 6) is 6.26. The fourth-order valence-electron chi connectivity index (χ4n) is 12.6. The molecule has 0 saturated carbocycles. The molecule has 0 saturated heterocycles. The average Bonchev–Trinajstić information content (AvgIpc) is 1.55. The van der Waals surface area contributed by atoms with Crippen LogP contribution in [0.3, 0.4) is 0 Å². The molecule has 0 spiro atoms. The molecule has 8 bridgehead atoms. The molecule has 7 heteroatoms. The third-order valence-electron chi connectivity index (χ3n) is 18.3. The van der Waals surface area contributed by atoms with E-state index >= 15 is 0 Å². The molecule has 0 amide bonds. The molecular formula is C85H93N5O2. The zero-order valence-electron chi connectivity index (χ0n) is 56.9. The van der Waals surface area contributed by atoms with Gasteiger partial charge in [0.05, 0.1) is 50.6 Å². The van der Waals surface area contributed by atoms with E-state index in [1.54, 1.807) is 12.1 Å². The number of rotatable bonds is 16. The molecule has 9 aromatic rings. The van der Waals surface area contributed by atoms with Crippen LogP contribution in [0.25, 0.3) is 79.4 Å². The number of aromatic carboxylic acids is 1. The van der Waals surface area contributed by atoms with Gasteiger partial charge in [0.25, 0.3) is 0 Å². The number of carboxylic acid groups (broad SMARTS) is 1. The molecule has 11 rings (SSSR count). The number of carbonyl (C=O) groups is 1. The molecule has 92 heavy (non-hydrogen) atoms. The van der Waals surface area contributed by atoms with Crippen LogP contribution in [0.5, 0.6) is 0 Å². The summed E-state index contributed by atoms with van der Waals surface area (Å²) in [4.78, 5) is 34.1. The molecule has 6 aromatic carbocycles. The number of H-pyrrole nitrogens is 2. The highest BCUT2D eigenvalue weighted by atomic mass is 16.4. The molecule has 0 aliphatic carbocycles. The van der Waals surface area contributed by atoms with Gasteiger partial charge >= 0.3 is 5.97 Å². The summed E-state index contributed by atoms with van der Waals surface area (Å²) in [5, 5.41) is 11.5. The Morgan fingerprint density at radius 3 is 1.34 bits per heavy atom. The molecule has 0 radical (unpaired) electrons. The summed E-state index contributed by atoms with van der Waals surface area (Å²) >= 11 is 0. The number of aryl methyl sites for hydroxylation is 2. The number of nitrogens with one attached hydrogen (secondary N) is 2. The van der Waals surface area contributed by atoms with Crippen molar-refractivity contribution in [1.82, 2.24) is 19.9 Å². The predicted octanol–water partition coefficient (Wildman–Crippen LogP) is 23.1. The quantitative estimate of drug-likeness (QED) is 0.0661. The third-order valence-corrected chi connectivity index (χ3v) is 18.3. The minimum atomic E-state index is -0.955. The van der Waals surface area contributed by atoms with Crippen LogP contribution in [0.2, 0.25) is 0 Å². The van der Waals surface area contributed by atoms with Gasteiger partial charge in [-0.2, -0.15) is 0 Å². The summed E-state index contributed by atoms with van der Waals surface area (Å²) in [5.41, 5.74) is 22.7. The summed E-state index contributed by atoms with van der Waals surface area (Å²) in [7, 11) is 0. The molecule has 7 nitrogen and oxygen atoms in total. The van der Waals surface area contributed by atoms with Gasteiger partial charge in [-0.15, -0.1) is 0 Å². The summed E-state index contributed by atoms with van der Waals surface area (Å²) in [6.07, 6.45) is 20.5. The van der Waals surface area contributed by atoms with Crippen molar-refractivity contribution in [2.45, 2.75) is 183 Å². The molecule has 5 heterocycles. The fourth-order valence-corrected chi connectivity index (χ4v) is 12.6. The van der Waals surface area contributed by atoms with E-state index in [9.17, 15) is 9.90 Å². The van der Waals surface area contributed by atoms with Gasteiger partial charge in [0, 0.05) is 39.1 Å². The first-order valence-corrected chi connectivity index (χ1v) is 33.6. The van der Waals surface area contributed by atoms with E-state index in [2.05, 4.69) is 257 Å². The molecule has 0 fully saturated rings. The van der Waals surface area contributed by atoms with Crippen molar-refractivity contribution >= 4 is 80.2 Å². The number of carboxylic acids is 1. The van der Waals surface area contributed by atoms with Crippen LogP contribution in [-0.2, 0) is 34.5 Å². The zero-order valence-corrected chi connectivity index (χ0v) is 56.9. The molecule has 0 unspecified atom stereocenters. The lowest BCUT2D eigenvalue weighted by molar-refractivity contribution is 0.0697. The average molecular weight is 1220 g/mol. The van der Waals surface area contributed by atoms with Crippen LogP contribution < -0.4 is 4.90 Å². The third kappa shape index (κ3) is 14.4. The minimum Gasteiger partial charge on any atom is -0.478 e. The smallest absolute Gasteiger partial charge is 0.335 e. The van der Waals surface area contributed by atoms with Gasteiger partial charge in [-0.3, -0.25) is 0 Å². The van der Waals surface area contributed by atoms with Crippen molar-refractivity contribution in [3.8, 4) is 34.1 Å². The predicted molar refractivity (Wildman–Crippen MR) is 392 cm³/mol. The number of fused-ring (bicyclic) bond motifs is 9. The Morgan fingerprint density at radius 2 is 0.859 bits per heavy atom. The standard InChI is InChI=1S/C85H93N5O2/c1-15-17-19-21-23-55-26-34-67(35-27-55)90(68-36-28-56(29-37-68)24-22-20-18-16-2)80-76-45-43-74(88-76)78(61-49-63(82(3,4)5)53-64(50-61)83(6,7)8)72-41-39-70(86-72)69(38-30-57-25-31-59-48-60(81(91)92)33-32-58(59)47-57)71-40-42-73(87-71)79(75-44-46-77(80)89-75)62-51-65(84(9,10)11)54-66(52-62)85(12,13)14/h25-29,31-37,39-54,86,89H,15-24H2,1-14H3,(H,91,92). The number of hydrogen-bond acceptors (Lipinski definition) is 4. The number of hydrogen-bond donors (Lipinski definition) is 3. The second-order valence-electron chi connectivity index (χ2n) is 29.7. The van der Waals surface area contributed by atoms with Gasteiger partial charge in [-0.1, -0.05) is 220 Å². The van der Waals surface area contributed by atoms with E-state index in [4.69, 9.17) is 9.97 Å². The lowest BCUT2D eigenvalue weighted by Gasteiger charge is -2.27. The van der Waals surface area contributed by atoms with Crippen molar-refractivity contribution < 1.29 is 9.90 Å². The minimum absolute atomic E-state index is 0.152. The van der Waals surface area contributed by atoms with Crippen LogP contribution in [0.15, 0.2) is 146 Å². The topological polar surface area (TPSA) is 97.9 Å². The van der Waals surface area contributed by atoms with Crippen LogP contribution in [-0.4, -0.2) is 31.0 Å². The second kappa shape index (κ2) is 26.3. The van der Waals surface area contributed by atoms with Crippen molar-refractivity contribution in [2.75, 3.05) is 4.90 Å². The zero-order chi connectivity index (χ0) is 65.3. The summed E-state index contributed by atoms with van der Waals surface area (Å²) < 4.78 is 0. The molecule has 470 valence electrons. The fraction of sp³-hybridized carbons (Fsp3) is 0.329. The Labute approximate surface area is 547 Å². The van der Waals surface area contributed by atoms with Crippen molar-refractivity contribution in [3.05, 3.63) is 218 Å². The number of unbranched alkanes of at least 4 members (excludes halogenated alkanes) is 6. The first-order chi connectivity index (χ1) is 43.8. The Morgan fingerprint density at radius 1 is 0.435 bits per heavy atom. The van der Waals surface area contributed by atoms with E-state index in [1.165, 1.54) is 84.7 Å². The normalized spacial score (nSPS) is 12.6. The van der Waals surface area contributed by atoms with E-state index in [0.29, 0.717) is 0 Å². The van der Waals surface area contributed by atoms with Gasteiger partial charge in [0.15, 0.2) is 0 Å². The number of aromatic nitrogens is 4. The van der Waals surface area contributed by atoms with Crippen LogP contribution >= 0.6 is 0 Å².